The normalized spacial score (nSPS) is 10.5. The summed E-state index contributed by atoms with van der Waals surface area (Å²) < 4.78 is 1.88. The van der Waals surface area contributed by atoms with Gasteiger partial charge in [-0.1, -0.05) is 11.6 Å². The summed E-state index contributed by atoms with van der Waals surface area (Å²) in [7, 11) is 3.63. The van der Waals surface area contributed by atoms with Crippen molar-refractivity contribution in [3.05, 3.63) is 41.1 Å². The van der Waals surface area contributed by atoms with Gasteiger partial charge in [-0.2, -0.15) is 0 Å². The number of carbonyl (C=O) groups excluding carboxylic acids is 1. The molecule has 0 saturated carbocycles. The summed E-state index contributed by atoms with van der Waals surface area (Å²) in [4.78, 5) is 22.4. The van der Waals surface area contributed by atoms with E-state index in [9.17, 15) is 4.79 Å². The predicted octanol–water partition coefficient (Wildman–Crippen LogP) is 2.17. The lowest BCUT2D eigenvalue weighted by molar-refractivity contribution is 0.0780. The van der Waals surface area contributed by atoms with Crippen molar-refractivity contribution in [3.63, 3.8) is 0 Å². The van der Waals surface area contributed by atoms with Gasteiger partial charge in [0, 0.05) is 38.6 Å². The zero-order valence-electron chi connectivity index (χ0n) is 12.3. The highest BCUT2D eigenvalue weighted by atomic mass is 35.5. The fraction of sp³-hybridized carbons (Fsp3) is 0.357. The van der Waals surface area contributed by atoms with Crippen LogP contribution in [0.2, 0.25) is 5.15 Å². The minimum Gasteiger partial charge on any atom is -0.370 e. The van der Waals surface area contributed by atoms with Gasteiger partial charge in [-0.25, -0.2) is 9.97 Å². The number of aryl methyl sites for hydroxylation is 1. The Kier molecular flexibility index (Phi) is 4.80. The van der Waals surface area contributed by atoms with Crippen LogP contribution in [0.15, 0.2) is 24.5 Å². The van der Waals surface area contributed by atoms with E-state index in [0.29, 0.717) is 29.6 Å². The van der Waals surface area contributed by atoms with E-state index in [2.05, 4.69) is 15.3 Å². The zero-order chi connectivity index (χ0) is 15.4. The topological polar surface area (TPSA) is 63.1 Å². The molecule has 6 nitrogen and oxygen atoms in total. The number of aromatic nitrogens is 3. The number of rotatable bonds is 5. The number of amides is 1. The van der Waals surface area contributed by atoms with E-state index in [4.69, 9.17) is 11.6 Å². The Morgan fingerprint density at radius 1 is 1.48 bits per heavy atom. The van der Waals surface area contributed by atoms with Crippen molar-refractivity contribution >= 4 is 23.3 Å². The van der Waals surface area contributed by atoms with Crippen LogP contribution in [-0.2, 0) is 13.6 Å². The summed E-state index contributed by atoms with van der Waals surface area (Å²) in [6.45, 7) is 3.10. The SMILES string of the molecule is CCNc1cc(C(=O)N(C)Cc2nccn2C)cc(Cl)n1. The van der Waals surface area contributed by atoms with Crippen LogP contribution in [0.4, 0.5) is 5.82 Å². The number of hydrogen-bond acceptors (Lipinski definition) is 4. The maximum Gasteiger partial charge on any atom is 0.254 e. The van der Waals surface area contributed by atoms with E-state index >= 15 is 0 Å². The predicted molar refractivity (Wildman–Crippen MR) is 82.4 cm³/mol. The van der Waals surface area contributed by atoms with Gasteiger partial charge >= 0.3 is 0 Å². The number of anilines is 1. The van der Waals surface area contributed by atoms with Gasteiger partial charge in [0.15, 0.2) is 0 Å². The standard InChI is InChI=1S/C14H18ClN5O/c1-4-16-12-8-10(7-11(15)18-12)14(21)20(3)9-13-17-5-6-19(13)2/h5-8H,4,9H2,1-3H3,(H,16,18). The molecule has 0 atom stereocenters. The summed E-state index contributed by atoms with van der Waals surface area (Å²) >= 11 is 5.96. The van der Waals surface area contributed by atoms with Gasteiger partial charge in [-0.05, 0) is 19.1 Å². The van der Waals surface area contributed by atoms with Crippen LogP contribution in [0.1, 0.15) is 23.1 Å². The molecule has 1 amide bonds. The van der Waals surface area contributed by atoms with E-state index in [1.54, 1.807) is 30.3 Å². The fourth-order valence-corrected chi connectivity index (χ4v) is 2.15. The Bertz CT molecular complexity index is 640. The Morgan fingerprint density at radius 2 is 2.24 bits per heavy atom. The second-order valence-electron chi connectivity index (χ2n) is 4.71. The molecule has 0 aliphatic carbocycles. The molecule has 2 aromatic rings. The lowest BCUT2D eigenvalue weighted by Gasteiger charge is -2.17. The second kappa shape index (κ2) is 6.58. The third-order valence-corrected chi connectivity index (χ3v) is 3.24. The number of imidazole rings is 1. The fourth-order valence-electron chi connectivity index (χ4n) is 1.95. The molecule has 1 N–H and O–H groups in total. The highest BCUT2D eigenvalue weighted by Crippen LogP contribution is 2.16. The molecule has 0 bridgehead atoms. The number of nitrogens with one attached hydrogen (secondary N) is 1. The molecule has 0 unspecified atom stereocenters. The quantitative estimate of drug-likeness (QED) is 0.860. The zero-order valence-corrected chi connectivity index (χ0v) is 13.1. The molecule has 7 heteroatoms. The Balaban J connectivity index is 2.17. The van der Waals surface area contributed by atoms with Crippen molar-refractivity contribution in [1.82, 2.24) is 19.4 Å². The second-order valence-corrected chi connectivity index (χ2v) is 5.10. The summed E-state index contributed by atoms with van der Waals surface area (Å²) in [6, 6.07) is 3.27. The first-order valence-electron chi connectivity index (χ1n) is 6.64. The number of halogens is 1. The van der Waals surface area contributed by atoms with Gasteiger partial charge in [0.25, 0.3) is 5.91 Å². The maximum absolute atomic E-state index is 12.5. The summed E-state index contributed by atoms with van der Waals surface area (Å²) in [5, 5.41) is 3.35. The van der Waals surface area contributed by atoms with E-state index < -0.39 is 0 Å². The lowest BCUT2D eigenvalue weighted by Crippen LogP contribution is -2.27. The first kappa shape index (κ1) is 15.3. The molecular formula is C14H18ClN5O. The Morgan fingerprint density at radius 3 is 2.86 bits per heavy atom. The molecule has 112 valence electrons. The highest BCUT2D eigenvalue weighted by Gasteiger charge is 2.15. The molecule has 2 aromatic heterocycles. The smallest absolute Gasteiger partial charge is 0.254 e. The minimum absolute atomic E-state index is 0.124. The van der Waals surface area contributed by atoms with Crippen molar-refractivity contribution in [2.24, 2.45) is 7.05 Å². The monoisotopic (exact) mass is 307 g/mol. The Hall–Kier alpha value is -2.08. The first-order chi connectivity index (χ1) is 10.0. The van der Waals surface area contributed by atoms with Crippen molar-refractivity contribution in [3.8, 4) is 0 Å². The molecule has 2 heterocycles. The molecule has 0 spiro atoms. The molecular weight excluding hydrogens is 290 g/mol. The van der Waals surface area contributed by atoms with E-state index in [1.807, 2.05) is 24.7 Å². The molecule has 0 aliphatic rings. The number of pyridine rings is 1. The first-order valence-corrected chi connectivity index (χ1v) is 7.02. The van der Waals surface area contributed by atoms with Gasteiger partial charge in [-0.3, -0.25) is 4.79 Å². The minimum atomic E-state index is -0.124. The van der Waals surface area contributed by atoms with Crippen molar-refractivity contribution in [2.75, 3.05) is 18.9 Å². The molecule has 0 radical (unpaired) electrons. The average molecular weight is 308 g/mol. The van der Waals surface area contributed by atoms with Gasteiger partial charge in [0.05, 0.1) is 6.54 Å². The van der Waals surface area contributed by atoms with Crippen LogP contribution < -0.4 is 5.32 Å². The van der Waals surface area contributed by atoms with E-state index in [1.165, 1.54) is 0 Å². The molecule has 21 heavy (non-hydrogen) atoms. The van der Waals surface area contributed by atoms with E-state index in [0.717, 1.165) is 5.82 Å². The van der Waals surface area contributed by atoms with Crippen LogP contribution in [-0.4, -0.2) is 38.9 Å². The lowest BCUT2D eigenvalue weighted by atomic mass is 10.2. The summed E-state index contributed by atoms with van der Waals surface area (Å²) in [6.07, 6.45) is 3.56. The molecule has 0 aromatic carbocycles. The van der Waals surface area contributed by atoms with Crippen molar-refractivity contribution in [1.29, 1.82) is 0 Å². The van der Waals surface area contributed by atoms with Crippen molar-refractivity contribution in [2.45, 2.75) is 13.5 Å². The molecule has 0 saturated heterocycles. The third kappa shape index (κ3) is 3.72. The van der Waals surface area contributed by atoms with Crippen LogP contribution >= 0.6 is 11.6 Å². The largest absolute Gasteiger partial charge is 0.370 e. The maximum atomic E-state index is 12.5. The number of nitrogens with zero attached hydrogens (tertiary/aromatic N) is 4. The summed E-state index contributed by atoms with van der Waals surface area (Å²) in [5.41, 5.74) is 0.502. The summed E-state index contributed by atoms with van der Waals surface area (Å²) in [5.74, 6) is 1.29. The van der Waals surface area contributed by atoms with Gasteiger partial charge in [0.2, 0.25) is 0 Å². The molecule has 2 rings (SSSR count). The number of hydrogen-bond donors (Lipinski definition) is 1. The van der Waals surface area contributed by atoms with Crippen LogP contribution in [0.5, 0.6) is 0 Å². The average Bonchev–Trinajstić information content (AvgIpc) is 2.83. The Labute approximate surface area is 128 Å². The van der Waals surface area contributed by atoms with Crippen LogP contribution in [0.25, 0.3) is 0 Å². The van der Waals surface area contributed by atoms with Gasteiger partial charge in [-0.15, -0.1) is 0 Å². The highest BCUT2D eigenvalue weighted by molar-refractivity contribution is 6.29. The van der Waals surface area contributed by atoms with Gasteiger partial charge in [0.1, 0.15) is 16.8 Å². The van der Waals surface area contributed by atoms with E-state index in [-0.39, 0.29) is 5.91 Å². The van der Waals surface area contributed by atoms with Crippen molar-refractivity contribution < 1.29 is 4.79 Å². The van der Waals surface area contributed by atoms with Crippen LogP contribution in [0.3, 0.4) is 0 Å². The van der Waals surface area contributed by atoms with Crippen LogP contribution in [0, 0.1) is 0 Å². The third-order valence-electron chi connectivity index (χ3n) is 3.05. The molecule has 0 aliphatic heterocycles. The molecule has 0 fully saturated rings. The number of carbonyl (C=O) groups is 1. The van der Waals surface area contributed by atoms with Gasteiger partial charge < -0.3 is 14.8 Å².